The summed E-state index contributed by atoms with van der Waals surface area (Å²) in [5, 5.41) is 3.13. The summed E-state index contributed by atoms with van der Waals surface area (Å²) < 4.78 is 24.0. The van der Waals surface area contributed by atoms with Crippen molar-refractivity contribution in [1.29, 1.82) is 0 Å². The van der Waals surface area contributed by atoms with Crippen LogP contribution < -0.4 is 10.9 Å². The molecule has 0 aliphatic heterocycles. The summed E-state index contributed by atoms with van der Waals surface area (Å²) >= 11 is 0. The number of H-pyrrole nitrogens is 1. The van der Waals surface area contributed by atoms with Gasteiger partial charge in [0, 0.05) is 16.5 Å². The molecular formula is C23H17FN2O5. The zero-order valence-electron chi connectivity index (χ0n) is 16.4. The van der Waals surface area contributed by atoms with E-state index in [9.17, 15) is 18.8 Å². The third kappa shape index (κ3) is 4.09. The topological polar surface area (TPSA) is 101 Å². The summed E-state index contributed by atoms with van der Waals surface area (Å²) in [6.45, 7) is 1.74. The lowest BCUT2D eigenvalue weighted by Gasteiger charge is -2.09. The van der Waals surface area contributed by atoms with Crippen molar-refractivity contribution in [2.45, 2.75) is 6.92 Å². The van der Waals surface area contributed by atoms with Gasteiger partial charge in [0.05, 0.1) is 12.3 Å². The number of esters is 1. The minimum Gasteiger partial charge on any atom is -0.462 e. The second-order valence-corrected chi connectivity index (χ2v) is 6.65. The van der Waals surface area contributed by atoms with Crippen molar-refractivity contribution < 1.29 is 23.1 Å². The smallest absolute Gasteiger partial charge is 0.360 e. The zero-order chi connectivity index (χ0) is 22.0. The van der Waals surface area contributed by atoms with Crippen molar-refractivity contribution in [3.05, 3.63) is 88.0 Å². The van der Waals surface area contributed by atoms with Gasteiger partial charge in [-0.3, -0.25) is 4.79 Å². The summed E-state index contributed by atoms with van der Waals surface area (Å²) in [6, 6.07) is 15.3. The van der Waals surface area contributed by atoms with Crippen molar-refractivity contribution in [2.24, 2.45) is 0 Å². The molecule has 0 saturated carbocycles. The molecule has 4 aromatic rings. The molecule has 0 aliphatic carbocycles. The fraction of sp³-hybridized carbons (Fsp3) is 0.0870. The van der Waals surface area contributed by atoms with E-state index in [2.05, 4.69) is 10.3 Å². The highest BCUT2D eigenvalue weighted by molar-refractivity contribution is 6.05. The third-order valence-corrected chi connectivity index (χ3v) is 4.56. The first-order chi connectivity index (χ1) is 15.0. The van der Waals surface area contributed by atoms with Gasteiger partial charge in [-0.15, -0.1) is 0 Å². The van der Waals surface area contributed by atoms with Gasteiger partial charge >= 0.3 is 11.6 Å². The Morgan fingerprint density at radius 1 is 1.10 bits per heavy atom. The first-order valence-corrected chi connectivity index (χ1v) is 9.46. The Hall–Kier alpha value is -4.20. The number of anilines is 1. The second-order valence-electron chi connectivity index (χ2n) is 6.65. The van der Waals surface area contributed by atoms with E-state index < -0.39 is 23.3 Å². The fourth-order valence-electron chi connectivity index (χ4n) is 3.12. The summed E-state index contributed by atoms with van der Waals surface area (Å²) in [6.07, 6.45) is 0. The number of amides is 1. The minimum absolute atomic E-state index is 0.0585. The van der Waals surface area contributed by atoms with Crippen LogP contribution in [0.15, 0.2) is 69.9 Å². The number of halogens is 1. The zero-order valence-corrected chi connectivity index (χ0v) is 16.4. The van der Waals surface area contributed by atoms with E-state index in [1.54, 1.807) is 49.4 Å². The normalized spacial score (nSPS) is 10.8. The maximum Gasteiger partial charge on any atom is 0.360 e. The molecule has 7 nitrogen and oxygen atoms in total. The number of benzene rings is 2. The van der Waals surface area contributed by atoms with E-state index in [4.69, 9.17) is 9.15 Å². The van der Waals surface area contributed by atoms with Gasteiger partial charge in [0.1, 0.15) is 17.1 Å². The molecule has 0 saturated heterocycles. The first kappa shape index (κ1) is 20.1. The molecule has 31 heavy (non-hydrogen) atoms. The number of fused-ring (bicyclic) bond motifs is 1. The van der Waals surface area contributed by atoms with Gasteiger partial charge in [-0.25, -0.2) is 14.0 Å². The number of ether oxygens (including phenoxy) is 1. The number of aromatic amines is 1. The largest absolute Gasteiger partial charge is 0.462 e. The van der Waals surface area contributed by atoms with Gasteiger partial charge in [-0.05, 0) is 49.4 Å². The quantitative estimate of drug-likeness (QED) is 0.467. The van der Waals surface area contributed by atoms with Crippen LogP contribution in [-0.4, -0.2) is 23.5 Å². The Kier molecular flexibility index (Phi) is 5.36. The van der Waals surface area contributed by atoms with Gasteiger partial charge in [0.25, 0.3) is 5.91 Å². The third-order valence-electron chi connectivity index (χ3n) is 4.56. The van der Waals surface area contributed by atoms with Crippen molar-refractivity contribution in [2.75, 3.05) is 11.9 Å². The molecule has 156 valence electrons. The molecule has 2 aromatic heterocycles. The SMILES string of the molecule is CCOC(=O)c1cc(NC(=O)c2ccccc2)c(=O)oc1-c1cc2ccc(F)cc2[nH]1. The molecule has 0 bridgehead atoms. The van der Waals surface area contributed by atoms with E-state index >= 15 is 0 Å². The highest BCUT2D eigenvalue weighted by Crippen LogP contribution is 2.28. The molecule has 0 spiro atoms. The van der Waals surface area contributed by atoms with Gasteiger partial charge in [-0.2, -0.15) is 0 Å². The molecule has 0 aliphatic rings. The number of nitrogens with one attached hydrogen (secondary N) is 2. The maximum atomic E-state index is 13.5. The monoisotopic (exact) mass is 420 g/mol. The van der Waals surface area contributed by atoms with Crippen LogP contribution in [-0.2, 0) is 4.74 Å². The summed E-state index contributed by atoms with van der Waals surface area (Å²) in [5.41, 5.74) is -0.0197. The summed E-state index contributed by atoms with van der Waals surface area (Å²) in [4.78, 5) is 40.5. The van der Waals surface area contributed by atoms with Crippen LogP contribution in [0.4, 0.5) is 10.1 Å². The molecule has 0 atom stereocenters. The Bertz CT molecular complexity index is 1340. The average Bonchev–Trinajstić information content (AvgIpc) is 3.18. The molecule has 0 fully saturated rings. The molecule has 2 aromatic carbocycles. The van der Waals surface area contributed by atoms with Crippen LogP contribution in [0.5, 0.6) is 0 Å². The first-order valence-electron chi connectivity index (χ1n) is 9.46. The van der Waals surface area contributed by atoms with Crippen LogP contribution in [0.2, 0.25) is 0 Å². The van der Waals surface area contributed by atoms with Gasteiger partial charge in [0.15, 0.2) is 5.76 Å². The fourth-order valence-corrected chi connectivity index (χ4v) is 3.12. The number of carbonyl (C=O) groups is 2. The van der Waals surface area contributed by atoms with E-state index in [0.717, 1.165) is 0 Å². The lowest BCUT2D eigenvalue weighted by molar-refractivity contribution is 0.0524. The van der Waals surface area contributed by atoms with Crippen molar-refractivity contribution >= 4 is 28.5 Å². The Morgan fingerprint density at radius 3 is 2.61 bits per heavy atom. The van der Waals surface area contributed by atoms with Crippen LogP contribution >= 0.6 is 0 Å². The van der Waals surface area contributed by atoms with Crippen LogP contribution in [0.3, 0.4) is 0 Å². The molecule has 1 amide bonds. The minimum atomic E-state index is -0.850. The van der Waals surface area contributed by atoms with E-state index in [1.165, 1.54) is 18.2 Å². The van der Waals surface area contributed by atoms with E-state index in [1.807, 2.05) is 0 Å². The second kappa shape index (κ2) is 8.27. The Balaban J connectivity index is 1.79. The number of aromatic nitrogens is 1. The average molecular weight is 420 g/mol. The molecule has 8 heteroatoms. The predicted octanol–water partition coefficient (Wildman–Crippen LogP) is 4.36. The molecular weight excluding hydrogens is 403 g/mol. The van der Waals surface area contributed by atoms with E-state index in [0.29, 0.717) is 22.2 Å². The van der Waals surface area contributed by atoms with Crippen molar-refractivity contribution in [3.8, 4) is 11.5 Å². The number of carbonyl (C=O) groups excluding carboxylic acids is 2. The molecule has 4 rings (SSSR count). The standard InChI is InChI=1S/C23H17FN2O5/c1-2-30-22(28)16-12-19(26-21(27)13-6-4-3-5-7-13)23(29)31-20(16)18-10-14-8-9-15(24)11-17(14)25-18/h3-12,25H,2H2,1H3,(H,26,27). The Morgan fingerprint density at radius 2 is 1.87 bits per heavy atom. The lowest BCUT2D eigenvalue weighted by Crippen LogP contribution is -2.20. The summed E-state index contributed by atoms with van der Waals surface area (Å²) in [5.74, 6) is -1.78. The van der Waals surface area contributed by atoms with E-state index in [-0.39, 0.29) is 23.6 Å². The highest BCUT2D eigenvalue weighted by Gasteiger charge is 2.22. The predicted molar refractivity (Wildman–Crippen MR) is 113 cm³/mol. The highest BCUT2D eigenvalue weighted by atomic mass is 19.1. The number of hydrogen-bond acceptors (Lipinski definition) is 5. The van der Waals surface area contributed by atoms with Gasteiger partial charge in [-0.1, -0.05) is 18.2 Å². The molecule has 2 heterocycles. The van der Waals surface area contributed by atoms with Crippen molar-refractivity contribution in [1.82, 2.24) is 4.98 Å². The number of rotatable bonds is 5. The lowest BCUT2D eigenvalue weighted by atomic mass is 10.1. The summed E-state index contributed by atoms with van der Waals surface area (Å²) in [7, 11) is 0. The van der Waals surface area contributed by atoms with Crippen LogP contribution in [0.25, 0.3) is 22.4 Å². The van der Waals surface area contributed by atoms with Gasteiger partial charge in [0.2, 0.25) is 0 Å². The van der Waals surface area contributed by atoms with Gasteiger partial charge < -0.3 is 19.5 Å². The number of hydrogen-bond donors (Lipinski definition) is 2. The van der Waals surface area contributed by atoms with Crippen molar-refractivity contribution in [3.63, 3.8) is 0 Å². The Labute approximate surface area is 175 Å². The van der Waals surface area contributed by atoms with Crippen LogP contribution in [0.1, 0.15) is 27.6 Å². The molecule has 0 radical (unpaired) electrons. The molecule has 0 unspecified atom stereocenters. The molecule has 2 N–H and O–H groups in total. The van der Waals surface area contributed by atoms with Crippen LogP contribution in [0, 0.1) is 5.82 Å². The maximum absolute atomic E-state index is 13.5.